The van der Waals surface area contributed by atoms with E-state index in [0.717, 1.165) is 22.8 Å². The number of rotatable bonds is 0. The Bertz CT molecular complexity index is 751. The summed E-state index contributed by atoms with van der Waals surface area (Å²) in [6.45, 7) is 16.3. The Hall–Kier alpha value is -2.55. The van der Waals surface area contributed by atoms with Gasteiger partial charge in [0.05, 0.1) is 11.4 Å². The number of aromatic nitrogens is 3. The van der Waals surface area contributed by atoms with Crippen LogP contribution >= 0.6 is 0 Å². The van der Waals surface area contributed by atoms with E-state index in [4.69, 9.17) is 0 Å². The minimum Gasteiger partial charge on any atom is -0.258 e. The first-order valence-corrected chi connectivity index (χ1v) is 8.90. The fourth-order valence-electron chi connectivity index (χ4n) is 2.11. The first-order valence-electron chi connectivity index (χ1n) is 8.90. The van der Waals surface area contributed by atoms with Crippen LogP contribution in [-0.2, 0) is 0 Å². The summed E-state index contributed by atoms with van der Waals surface area (Å²) in [5, 5.41) is 7.66. The van der Waals surface area contributed by atoms with Crippen LogP contribution in [0.15, 0.2) is 42.5 Å². The summed E-state index contributed by atoms with van der Waals surface area (Å²) < 4.78 is 0. The lowest BCUT2D eigenvalue weighted by atomic mass is 10.1. The average molecular weight is 350 g/mol. The van der Waals surface area contributed by atoms with Gasteiger partial charge in [0, 0.05) is 11.4 Å². The van der Waals surface area contributed by atoms with E-state index in [1.54, 1.807) is 0 Å². The largest absolute Gasteiger partial charge is 0.258 e. The van der Waals surface area contributed by atoms with E-state index in [1.807, 2.05) is 45.9 Å². The number of benzene rings is 1. The minimum atomic E-state index is 0.968. The Kier molecular flexibility index (Phi) is 8.63. The first-order chi connectivity index (χ1) is 12.2. The maximum Gasteiger partial charge on any atom is 0.0600 e. The molecule has 0 aliphatic carbocycles. The molecule has 2 aromatic heterocycles. The number of aryl methyl sites for hydroxylation is 8. The van der Waals surface area contributed by atoms with Crippen molar-refractivity contribution in [3.05, 3.63) is 87.5 Å². The van der Waals surface area contributed by atoms with Crippen molar-refractivity contribution in [2.75, 3.05) is 0 Å². The molecule has 0 saturated heterocycles. The molecule has 0 aliphatic heterocycles. The lowest BCUT2D eigenvalue weighted by Crippen LogP contribution is -1.87. The first kappa shape index (κ1) is 21.5. The van der Waals surface area contributed by atoms with Crippen LogP contribution in [0.1, 0.15) is 45.0 Å². The zero-order valence-electron chi connectivity index (χ0n) is 17.4. The lowest BCUT2D eigenvalue weighted by molar-refractivity contribution is 0.941. The zero-order chi connectivity index (χ0) is 19.7. The number of pyridine rings is 1. The van der Waals surface area contributed by atoms with E-state index in [1.165, 1.54) is 22.3 Å². The number of hydrogen-bond donors (Lipinski definition) is 0. The van der Waals surface area contributed by atoms with Gasteiger partial charge in [0.25, 0.3) is 0 Å². The van der Waals surface area contributed by atoms with Crippen LogP contribution in [0.3, 0.4) is 0 Å². The van der Waals surface area contributed by atoms with Gasteiger partial charge < -0.3 is 0 Å². The van der Waals surface area contributed by atoms with Crippen LogP contribution in [0.25, 0.3) is 0 Å². The molecule has 3 nitrogen and oxygen atoms in total. The molecule has 0 spiro atoms. The molecule has 26 heavy (non-hydrogen) atoms. The Morgan fingerprint density at radius 1 is 0.500 bits per heavy atom. The highest BCUT2D eigenvalue weighted by atomic mass is 15.1. The van der Waals surface area contributed by atoms with Crippen molar-refractivity contribution in [1.82, 2.24) is 15.2 Å². The second-order valence-corrected chi connectivity index (χ2v) is 6.76. The Labute approximate surface area is 158 Å². The molecule has 3 rings (SSSR count). The molecule has 3 heteroatoms. The van der Waals surface area contributed by atoms with E-state index in [-0.39, 0.29) is 0 Å². The van der Waals surface area contributed by atoms with E-state index < -0.39 is 0 Å². The molecule has 0 atom stereocenters. The topological polar surface area (TPSA) is 38.7 Å². The predicted octanol–water partition coefficient (Wildman–Crippen LogP) is 5.71. The van der Waals surface area contributed by atoms with Crippen molar-refractivity contribution < 1.29 is 0 Å². The molecular formula is C23H31N3. The van der Waals surface area contributed by atoms with Crippen LogP contribution in [0.5, 0.6) is 0 Å². The summed E-state index contributed by atoms with van der Waals surface area (Å²) >= 11 is 0. The van der Waals surface area contributed by atoms with Crippen LogP contribution in [0, 0.1) is 55.4 Å². The number of nitrogens with zero attached hydrogens (tertiary/aromatic N) is 3. The molecule has 0 radical (unpaired) electrons. The van der Waals surface area contributed by atoms with Gasteiger partial charge in [-0.3, -0.25) is 4.98 Å². The van der Waals surface area contributed by atoms with E-state index in [9.17, 15) is 0 Å². The lowest BCUT2D eigenvalue weighted by Gasteiger charge is -1.98. The highest BCUT2D eigenvalue weighted by Gasteiger charge is 1.91. The van der Waals surface area contributed by atoms with Gasteiger partial charge in [-0.15, -0.1) is 0 Å². The second-order valence-electron chi connectivity index (χ2n) is 6.76. The Morgan fingerprint density at radius 3 is 1.38 bits per heavy atom. The highest BCUT2D eigenvalue weighted by molar-refractivity contribution is 5.28. The molecule has 0 aliphatic rings. The van der Waals surface area contributed by atoms with Crippen LogP contribution in [0.2, 0.25) is 0 Å². The molecule has 0 unspecified atom stereocenters. The molecule has 0 saturated carbocycles. The summed E-state index contributed by atoms with van der Waals surface area (Å²) in [6.07, 6.45) is 0. The summed E-state index contributed by atoms with van der Waals surface area (Å²) in [5.74, 6) is 0. The van der Waals surface area contributed by atoms with Gasteiger partial charge in [-0.1, -0.05) is 29.8 Å². The van der Waals surface area contributed by atoms with E-state index in [0.29, 0.717) is 0 Å². The maximum absolute atomic E-state index is 4.27. The summed E-state index contributed by atoms with van der Waals surface area (Å²) in [6, 6.07) is 14.5. The molecule has 0 fully saturated rings. The molecule has 3 aromatic rings. The third-order valence-corrected chi connectivity index (χ3v) is 4.08. The maximum atomic E-state index is 4.27. The van der Waals surface area contributed by atoms with Crippen molar-refractivity contribution in [2.24, 2.45) is 0 Å². The molecule has 1 aromatic carbocycles. The normalized spacial score (nSPS) is 9.54. The van der Waals surface area contributed by atoms with Crippen LogP contribution in [-0.4, -0.2) is 15.2 Å². The molecule has 138 valence electrons. The number of hydrogen-bond acceptors (Lipinski definition) is 3. The van der Waals surface area contributed by atoms with Gasteiger partial charge in [-0.05, 0) is 90.3 Å². The van der Waals surface area contributed by atoms with Gasteiger partial charge in [-0.25, -0.2) is 0 Å². The molecule has 0 amide bonds. The summed E-state index contributed by atoms with van der Waals surface area (Å²) in [4.78, 5) is 4.27. The van der Waals surface area contributed by atoms with Crippen molar-refractivity contribution >= 4 is 0 Å². The zero-order valence-corrected chi connectivity index (χ0v) is 17.4. The van der Waals surface area contributed by atoms with Crippen LogP contribution in [0.4, 0.5) is 0 Å². The van der Waals surface area contributed by atoms with E-state index >= 15 is 0 Å². The van der Waals surface area contributed by atoms with Crippen molar-refractivity contribution in [2.45, 2.75) is 55.4 Å². The van der Waals surface area contributed by atoms with Crippen molar-refractivity contribution in [3.63, 3.8) is 0 Å². The summed E-state index contributed by atoms with van der Waals surface area (Å²) in [5.41, 5.74) is 9.54. The Balaban J connectivity index is 0.000000195. The highest BCUT2D eigenvalue weighted by Crippen LogP contribution is 2.07. The van der Waals surface area contributed by atoms with Gasteiger partial charge in [0.15, 0.2) is 0 Å². The molecular weight excluding hydrogens is 318 g/mol. The van der Waals surface area contributed by atoms with Gasteiger partial charge in [0.2, 0.25) is 0 Å². The van der Waals surface area contributed by atoms with Gasteiger partial charge in [0.1, 0.15) is 0 Å². The quantitative estimate of drug-likeness (QED) is 0.521. The molecule has 0 bridgehead atoms. The average Bonchev–Trinajstić information content (AvgIpc) is 2.59. The third-order valence-electron chi connectivity index (χ3n) is 4.08. The summed E-state index contributed by atoms with van der Waals surface area (Å²) in [7, 11) is 0. The third kappa shape index (κ3) is 8.02. The fourth-order valence-corrected chi connectivity index (χ4v) is 2.11. The fraction of sp³-hybridized carbons (Fsp3) is 0.348. The van der Waals surface area contributed by atoms with Crippen molar-refractivity contribution in [3.8, 4) is 0 Å². The van der Waals surface area contributed by atoms with Gasteiger partial charge >= 0.3 is 0 Å². The monoisotopic (exact) mass is 349 g/mol. The molecule has 2 heterocycles. The van der Waals surface area contributed by atoms with Crippen molar-refractivity contribution in [1.29, 1.82) is 0 Å². The molecule has 0 N–H and O–H groups in total. The van der Waals surface area contributed by atoms with Crippen LogP contribution < -0.4 is 0 Å². The Morgan fingerprint density at radius 2 is 1.00 bits per heavy atom. The smallest absolute Gasteiger partial charge is 0.0600 e. The standard InChI is InChI=1S/C9H12.C8H11N.C6H8N2/c1-7-4-5-8(2)9(3)6-7;1-6-4-5-7(2)9-8(6)3;1-5-3-4-6(2)8-7-5/h4-6H,1-3H3;4-5H,1-3H3;3-4H,1-2H3. The van der Waals surface area contributed by atoms with E-state index in [2.05, 4.69) is 67.1 Å². The van der Waals surface area contributed by atoms with Gasteiger partial charge in [-0.2, -0.15) is 10.2 Å². The second kappa shape index (κ2) is 10.4. The minimum absolute atomic E-state index is 0.968. The predicted molar refractivity (Wildman–Crippen MR) is 111 cm³/mol. The SMILES string of the molecule is Cc1ccc(C)c(C)c1.Cc1ccc(C)c(C)n1.Cc1ccc(C)nn1.